The first-order valence-corrected chi connectivity index (χ1v) is 20.6. The normalized spacial score (nSPS) is 14.0. The maximum absolute atomic E-state index is 6.56. The lowest BCUT2D eigenvalue weighted by molar-refractivity contribution is 0.619. The second-order valence-electron chi connectivity index (χ2n) is 16.7. The number of benzene rings is 9. The lowest BCUT2D eigenvalue weighted by atomic mass is 9.79. The minimum Gasteiger partial charge on any atom is -0.456 e. The van der Waals surface area contributed by atoms with Crippen molar-refractivity contribution in [1.82, 2.24) is 0 Å². The summed E-state index contributed by atoms with van der Waals surface area (Å²) < 4.78 is 6.56. The van der Waals surface area contributed by atoms with E-state index in [1.807, 2.05) is 0 Å². The van der Waals surface area contributed by atoms with E-state index in [2.05, 4.69) is 196 Å². The Labute approximate surface area is 338 Å². The van der Waals surface area contributed by atoms with Gasteiger partial charge in [0.25, 0.3) is 0 Å². The summed E-state index contributed by atoms with van der Waals surface area (Å²) in [7, 11) is 0. The molecule has 0 amide bonds. The second kappa shape index (κ2) is 12.5. The van der Waals surface area contributed by atoms with Crippen molar-refractivity contribution in [1.29, 1.82) is 0 Å². The number of furan rings is 1. The fraction of sp³-hybridized carbons (Fsp3) is 0.0877. The van der Waals surface area contributed by atoms with Crippen LogP contribution in [0.25, 0.3) is 105 Å². The van der Waals surface area contributed by atoms with E-state index in [0.717, 1.165) is 24.2 Å². The van der Waals surface area contributed by atoms with Gasteiger partial charge in [0.1, 0.15) is 11.3 Å². The molecule has 274 valence electrons. The summed E-state index contributed by atoms with van der Waals surface area (Å²) in [6, 6.07) is 63.3. The monoisotopic (exact) mass is 740 g/mol. The largest absolute Gasteiger partial charge is 0.456 e. The summed E-state index contributed by atoms with van der Waals surface area (Å²) in [5.41, 5.74) is 17.3. The molecule has 1 heteroatoms. The van der Waals surface area contributed by atoms with Gasteiger partial charge in [-0.3, -0.25) is 0 Å². The Morgan fingerprint density at radius 1 is 0.466 bits per heavy atom. The van der Waals surface area contributed by atoms with E-state index in [4.69, 9.17) is 4.42 Å². The average Bonchev–Trinajstić information content (AvgIpc) is 3.77. The zero-order chi connectivity index (χ0) is 38.5. The first-order chi connectivity index (χ1) is 28.5. The highest BCUT2D eigenvalue weighted by Gasteiger charge is 2.40. The number of allylic oxidation sites excluding steroid dienone is 1. The molecule has 0 aliphatic heterocycles. The molecule has 2 aliphatic carbocycles. The van der Waals surface area contributed by atoms with Crippen LogP contribution in [0.3, 0.4) is 0 Å². The maximum atomic E-state index is 6.56. The molecule has 0 N–H and O–H groups in total. The van der Waals surface area contributed by atoms with Gasteiger partial charge in [-0.05, 0) is 131 Å². The fourth-order valence-corrected chi connectivity index (χ4v) is 10.4. The van der Waals surface area contributed by atoms with Crippen molar-refractivity contribution in [2.45, 2.75) is 32.1 Å². The summed E-state index contributed by atoms with van der Waals surface area (Å²) in [5, 5.41) is 8.72. The van der Waals surface area contributed by atoms with Gasteiger partial charge in [-0.15, -0.1) is 0 Å². The van der Waals surface area contributed by atoms with Crippen molar-refractivity contribution >= 4 is 49.4 Å². The Bertz CT molecular complexity index is 3310. The fourth-order valence-electron chi connectivity index (χ4n) is 10.4. The minimum absolute atomic E-state index is 0.208. The minimum atomic E-state index is -0.208. The first-order valence-electron chi connectivity index (χ1n) is 20.6. The molecule has 0 saturated carbocycles. The molecule has 0 saturated heterocycles. The molecule has 0 radical (unpaired) electrons. The third kappa shape index (κ3) is 4.83. The molecule has 0 bridgehead atoms. The molecular weight excluding hydrogens is 701 g/mol. The summed E-state index contributed by atoms with van der Waals surface area (Å²) in [6.07, 6.45) is 6.83. The quantitative estimate of drug-likeness (QED) is 0.164. The Hall–Kier alpha value is -6.96. The Kier molecular flexibility index (Phi) is 7.17. The van der Waals surface area contributed by atoms with E-state index in [-0.39, 0.29) is 5.41 Å². The molecule has 1 heterocycles. The van der Waals surface area contributed by atoms with Crippen LogP contribution in [-0.4, -0.2) is 0 Å². The van der Waals surface area contributed by atoms with Crippen LogP contribution in [0.2, 0.25) is 0 Å². The van der Waals surface area contributed by atoms with Crippen LogP contribution in [0.1, 0.15) is 42.5 Å². The predicted octanol–water partition coefficient (Wildman–Crippen LogP) is 15.8. The Morgan fingerprint density at radius 3 is 1.90 bits per heavy atom. The summed E-state index contributed by atoms with van der Waals surface area (Å²) in [6.45, 7) is 4.70. The van der Waals surface area contributed by atoms with Gasteiger partial charge in [0.05, 0.1) is 0 Å². The SMILES string of the molecule is CC1(C)c2cc(-c3c4ccccc4c(-c4cc(-c5cccc6c5C=CCC6)ccc4-c4ccc5ccccc5c4)c4ccccc34)ccc2-c2oc3ccccc3c21. The van der Waals surface area contributed by atoms with E-state index >= 15 is 0 Å². The molecule has 12 rings (SSSR count). The number of hydrogen-bond acceptors (Lipinski definition) is 1. The van der Waals surface area contributed by atoms with Crippen molar-refractivity contribution in [3.63, 3.8) is 0 Å². The molecular formula is C57H40O. The molecule has 0 fully saturated rings. The zero-order valence-electron chi connectivity index (χ0n) is 32.6. The van der Waals surface area contributed by atoms with Gasteiger partial charge in [0.15, 0.2) is 0 Å². The standard InChI is InChI=1S/C57H40O/c1-57(2)51-34-40(29-31-48(51)56-55(57)49-23-11-12-25-52(49)58-56)53-44-19-7-9-21-46(44)54(47-22-10-8-20-45(47)53)50-33-39(42-24-13-17-36-15-5-6-18-41(36)42)28-30-43(50)38-27-26-35-14-3-4-16-37(35)32-38/h3-4,6-14,16-34H,5,15H2,1-2H3. The van der Waals surface area contributed by atoms with Gasteiger partial charge < -0.3 is 4.42 Å². The summed E-state index contributed by atoms with van der Waals surface area (Å²) in [4.78, 5) is 0. The maximum Gasteiger partial charge on any atom is 0.139 e. The van der Waals surface area contributed by atoms with Crippen LogP contribution in [0, 0.1) is 0 Å². The average molecular weight is 741 g/mol. The van der Waals surface area contributed by atoms with Gasteiger partial charge in [-0.2, -0.15) is 0 Å². The summed E-state index contributed by atoms with van der Waals surface area (Å²) in [5.74, 6) is 1.01. The van der Waals surface area contributed by atoms with Crippen LogP contribution in [-0.2, 0) is 11.8 Å². The van der Waals surface area contributed by atoms with Crippen LogP contribution in [0.4, 0.5) is 0 Å². The molecule has 58 heavy (non-hydrogen) atoms. The lowest BCUT2D eigenvalue weighted by Crippen LogP contribution is -2.15. The number of rotatable bonds is 4. The van der Waals surface area contributed by atoms with Gasteiger partial charge >= 0.3 is 0 Å². The Balaban J connectivity index is 1.13. The van der Waals surface area contributed by atoms with E-state index in [9.17, 15) is 0 Å². The van der Waals surface area contributed by atoms with E-state index in [1.54, 1.807) is 0 Å². The smallest absolute Gasteiger partial charge is 0.139 e. The van der Waals surface area contributed by atoms with Gasteiger partial charge in [0, 0.05) is 21.9 Å². The van der Waals surface area contributed by atoms with Gasteiger partial charge in [-0.25, -0.2) is 0 Å². The third-order valence-corrected chi connectivity index (χ3v) is 13.1. The number of para-hydroxylation sites is 1. The molecule has 1 nitrogen and oxygen atoms in total. The van der Waals surface area contributed by atoms with E-state index in [1.165, 1.54) is 110 Å². The zero-order valence-corrected chi connectivity index (χ0v) is 32.6. The molecule has 0 unspecified atom stereocenters. The highest BCUT2D eigenvalue weighted by atomic mass is 16.3. The highest BCUT2D eigenvalue weighted by molar-refractivity contribution is 6.23. The van der Waals surface area contributed by atoms with Crippen molar-refractivity contribution in [2.75, 3.05) is 0 Å². The van der Waals surface area contributed by atoms with Crippen LogP contribution in [0.5, 0.6) is 0 Å². The van der Waals surface area contributed by atoms with Crippen molar-refractivity contribution < 1.29 is 4.42 Å². The molecule has 0 atom stereocenters. The second-order valence-corrected chi connectivity index (χ2v) is 16.7. The van der Waals surface area contributed by atoms with Crippen LogP contribution >= 0.6 is 0 Å². The van der Waals surface area contributed by atoms with E-state index < -0.39 is 0 Å². The molecule has 2 aliphatic rings. The van der Waals surface area contributed by atoms with Gasteiger partial charge in [0.2, 0.25) is 0 Å². The van der Waals surface area contributed by atoms with Crippen LogP contribution in [0.15, 0.2) is 180 Å². The highest BCUT2D eigenvalue weighted by Crippen LogP contribution is 2.55. The third-order valence-electron chi connectivity index (χ3n) is 13.1. The molecule has 1 aromatic heterocycles. The van der Waals surface area contributed by atoms with Gasteiger partial charge in [-0.1, -0.05) is 172 Å². The first kappa shape index (κ1) is 33.2. The lowest BCUT2D eigenvalue weighted by Gasteiger charge is -2.23. The van der Waals surface area contributed by atoms with E-state index in [0.29, 0.717) is 0 Å². The molecule has 10 aromatic rings. The summed E-state index contributed by atoms with van der Waals surface area (Å²) >= 11 is 0. The molecule has 0 spiro atoms. The predicted molar refractivity (Wildman–Crippen MR) is 245 cm³/mol. The molecule has 9 aromatic carbocycles. The number of hydrogen-bond donors (Lipinski definition) is 0. The number of aryl methyl sites for hydroxylation is 1. The van der Waals surface area contributed by atoms with Crippen molar-refractivity contribution in [3.8, 4) is 55.8 Å². The topological polar surface area (TPSA) is 13.1 Å². The van der Waals surface area contributed by atoms with Crippen molar-refractivity contribution in [2.24, 2.45) is 0 Å². The Morgan fingerprint density at radius 2 is 1.10 bits per heavy atom. The van der Waals surface area contributed by atoms with Crippen molar-refractivity contribution in [3.05, 3.63) is 198 Å². The number of fused-ring (bicyclic) bond motifs is 9. The van der Waals surface area contributed by atoms with Crippen LogP contribution < -0.4 is 0 Å².